The lowest BCUT2D eigenvalue weighted by atomic mass is 10.1. The number of nitrogen functional groups attached to an aromatic ring is 1. The minimum atomic E-state index is -0.662. The summed E-state index contributed by atoms with van der Waals surface area (Å²) in [4.78, 5) is 46.9. The zero-order valence-electron chi connectivity index (χ0n) is 16.1. The van der Waals surface area contributed by atoms with Gasteiger partial charge in [-0.15, -0.1) is 0 Å². The van der Waals surface area contributed by atoms with Crippen molar-refractivity contribution in [1.82, 2.24) is 25.5 Å². The minimum absolute atomic E-state index is 0.0107. The number of carbonyl (C=O) groups excluding carboxylic acids is 3. The number of rotatable bonds is 7. The Morgan fingerprint density at radius 2 is 2.04 bits per heavy atom. The third-order valence-electron chi connectivity index (χ3n) is 4.43. The molecule has 3 amide bonds. The maximum absolute atomic E-state index is 13.0. The van der Waals surface area contributed by atoms with Crippen molar-refractivity contribution < 1.29 is 14.4 Å². The first kappa shape index (κ1) is 20.6. The summed E-state index contributed by atoms with van der Waals surface area (Å²) >= 11 is 0. The summed E-state index contributed by atoms with van der Waals surface area (Å²) in [5, 5.41) is 5.68. The van der Waals surface area contributed by atoms with Gasteiger partial charge in [-0.2, -0.15) is 0 Å². The van der Waals surface area contributed by atoms with Gasteiger partial charge in [0.2, 0.25) is 17.8 Å². The molecule has 0 aromatic carbocycles. The van der Waals surface area contributed by atoms with E-state index in [1.54, 1.807) is 13.0 Å². The highest BCUT2D eigenvalue weighted by Gasteiger charge is 2.40. The predicted molar refractivity (Wildman–Crippen MR) is 101 cm³/mol. The monoisotopic (exact) mass is 376 g/mol. The molecule has 1 aliphatic heterocycles. The molecule has 1 aromatic heterocycles. The van der Waals surface area contributed by atoms with Crippen LogP contribution in [0.3, 0.4) is 0 Å². The van der Waals surface area contributed by atoms with Crippen LogP contribution in [0, 0.1) is 6.92 Å². The van der Waals surface area contributed by atoms with E-state index in [1.165, 1.54) is 4.90 Å². The fourth-order valence-electron chi connectivity index (χ4n) is 3.19. The Bertz CT molecular complexity index is 688. The molecular weight excluding hydrogens is 348 g/mol. The van der Waals surface area contributed by atoms with Gasteiger partial charge in [0.05, 0.1) is 0 Å². The van der Waals surface area contributed by atoms with Gasteiger partial charge in [-0.05, 0) is 32.8 Å². The Morgan fingerprint density at radius 1 is 1.30 bits per heavy atom. The molecule has 148 valence electrons. The highest BCUT2D eigenvalue weighted by molar-refractivity contribution is 5.97. The van der Waals surface area contributed by atoms with E-state index in [-0.39, 0.29) is 36.0 Å². The van der Waals surface area contributed by atoms with Crippen LogP contribution in [0.1, 0.15) is 55.7 Å². The lowest BCUT2D eigenvalue weighted by molar-refractivity contribution is -0.125. The molecule has 1 aliphatic rings. The summed E-state index contributed by atoms with van der Waals surface area (Å²) in [6, 6.07) is 0.609. The number of hydrogen-bond acceptors (Lipinski definition) is 6. The smallest absolute Gasteiger partial charge is 0.273 e. The van der Waals surface area contributed by atoms with Crippen LogP contribution in [-0.2, 0) is 9.59 Å². The second kappa shape index (κ2) is 9.29. The molecule has 1 saturated heterocycles. The molecule has 4 N–H and O–H groups in total. The Morgan fingerprint density at radius 3 is 2.67 bits per heavy atom. The van der Waals surface area contributed by atoms with Crippen molar-refractivity contribution in [2.45, 2.75) is 58.5 Å². The van der Waals surface area contributed by atoms with Crippen molar-refractivity contribution in [2.24, 2.45) is 0 Å². The molecule has 0 saturated carbocycles. The van der Waals surface area contributed by atoms with E-state index in [0.717, 1.165) is 12.8 Å². The van der Waals surface area contributed by atoms with E-state index in [2.05, 4.69) is 20.6 Å². The summed E-state index contributed by atoms with van der Waals surface area (Å²) in [7, 11) is 0. The van der Waals surface area contributed by atoms with Gasteiger partial charge >= 0.3 is 0 Å². The van der Waals surface area contributed by atoms with Crippen molar-refractivity contribution in [3.05, 3.63) is 17.5 Å². The molecule has 2 heterocycles. The Hall–Kier alpha value is -2.71. The molecule has 9 heteroatoms. The molecule has 9 nitrogen and oxygen atoms in total. The molecule has 0 bridgehead atoms. The van der Waals surface area contributed by atoms with Gasteiger partial charge < -0.3 is 21.3 Å². The summed E-state index contributed by atoms with van der Waals surface area (Å²) in [6.07, 6.45) is 2.54. The fraction of sp³-hybridized carbons (Fsp3) is 0.611. The predicted octanol–water partition coefficient (Wildman–Crippen LogP) is 0.393. The van der Waals surface area contributed by atoms with Gasteiger partial charge in [-0.25, -0.2) is 9.97 Å². The van der Waals surface area contributed by atoms with Crippen LogP contribution in [0.15, 0.2) is 6.07 Å². The van der Waals surface area contributed by atoms with Crippen molar-refractivity contribution in [3.8, 4) is 0 Å². The van der Waals surface area contributed by atoms with Gasteiger partial charge in [0, 0.05) is 31.2 Å². The highest BCUT2D eigenvalue weighted by atomic mass is 16.2. The number of unbranched alkanes of at least 4 members (excludes halogenated alkanes) is 1. The largest absolute Gasteiger partial charge is 0.368 e. The SMILES string of the molecule is CCCCC(=O)N[C@@H]1C[C@@H](C(=O)NCC)N(C(=O)c2cc(C)nc(N)n2)C1. The first-order valence-electron chi connectivity index (χ1n) is 9.34. The summed E-state index contributed by atoms with van der Waals surface area (Å²) in [6.45, 7) is 6.27. The normalized spacial score (nSPS) is 19.0. The van der Waals surface area contributed by atoms with E-state index in [0.29, 0.717) is 25.1 Å². The molecule has 0 aliphatic carbocycles. The molecule has 0 radical (unpaired) electrons. The van der Waals surface area contributed by atoms with Gasteiger partial charge in [-0.3, -0.25) is 14.4 Å². The second-order valence-corrected chi connectivity index (χ2v) is 6.72. The van der Waals surface area contributed by atoms with Crippen LogP contribution in [0.2, 0.25) is 0 Å². The number of nitrogens with one attached hydrogen (secondary N) is 2. The van der Waals surface area contributed by atoms with Crippen molar-refractivity contribution in [3.63, 3.8) is 0 Å². The number of aryl methyl sites for hydroxylation is 1. The highest BCUT2D eigenvalue weighted by Crippen LogP contribution is 2.21. The molecule has 1 aromatic rings. The number of hydrogen-bond donors (Lipinski definition) is 3. The fourth-order valence-corrected chi connectivity index (χ4v) is 3.19. The Kier molecular flexibility index (Phi) is 7.09. The molecule has 2 atom stereocenters. The van der Waals surface area contributed by atoms with E-state index < -0.39 is 11.9 Å². The van der Waals surface area contributed by atoms with E-state index >= 15 is 0 Å². The molecule has 1 fully saturated rings. The Labute approximate surface area is 159 Å². The van der Waals surface area contributed by atoms with Gasteiger partial charge in [-0.1, -0.05) is 13.3 Å². The van der Waals surface area contributed by atoms with Gasteiger partial charge in [0.25, 0.3) is 5.91 Å². The van der Waals surface area contributed by atoms with E-state index in [1.807, 2.05) is 13.8 Å². The van der Waals surface area contributed by atoms with Gasteiger partial charge in [0.15, 0.2) is 0 Å². The quantitative estimate of drug-likeness (QED) is 0.631. The summed E-state index contributed by atoms with van der Waals surface area (Å²) < 4.78 is 0. The van der Waals surface area contributed by atoms with Crippen LogP contribution >= 0.6 is 0 Å². The lowest BCUT2D eigenvalue weighted by Gasteiger charge is -2.23. The molecule has 2 rings (SSSR count). The third-order valence-corrected chi connectivity index (χ3v) is 4.43. The number of aromatic nitrogens is 2. The number of nitrogens with zero attached hydrogens (tertiary/aromatic N) is 3. The van der Waals surface area contributed by atoms with Crippen molar-refractivity contribution in [2.75, 3.05) is 18.8 Å². The molecule has 0 unspecified atom stereocenters. The standard InChI is InChI=1S/C18H28N6O3/c1-4-6-7-15(25)22-12-9-14(16(26)20-5-2)24(10-12)17(27)13-8-11(3)21-18(19)23-13/h8,12,14H,4-7,9-10H2,1-3H3,(H,20,26)(H,22,25)(H2,19,21,23)/t12-,14+/m1/s1. The van der Waals surface area contributed by atoms with E-state index in [9.17, 15) is 14.4 Å². The van der Waals surface area contributed by atoms with Gasteiger partial charge in [0.1, 0.15) is 11.7 Å². The third kappa shape index (κ3) is 5.38. The maximum Gasteiger partial charge on any atom is 0.273 e. The number of nitrogens with two attached hydrogens (primary N) is 1. The number of anilines is 1. The van der Waals surface area contributed by atoms with Crippen molar-refractivity contribution in [1.29, 1.82) is 0 Å². The van der Waals surface area contributed by atoms with Crippen LogP contribution in [0.5, 0.6) is 0 Å². The van der Waals surface area contributed by atoms with Crippen molar-refractivity contribution >= 4 is 23.7 Å². The topological polar surface area (TPSA) is 130 Å². The number of amides is 3. The average Bonchev–Trinajstić information content (AvgIpc) is 3.02. The second-order valence-electron chi connectivity index (χ2n) is 6.72. The minimum Gasteiger partial charge on any atom is -0.368 e. The van der Waals surface area contributed by atoms with Crippen LogP contribution < -0.4 is 16.4 Å². The summed E-state index contributed by atoms with van der Waals surface area (Å²) in [5.74, 6) is -0.687. The van der Waals surface area contributed by atoms with Crippen LogP contribution in [-0.4, -0.2) is 57.8 Å². The zero-order valence-corrected chi connectivity index (χ0v) is 16.1. The summed E-state index contributed by atoms with van der Waals surface area (Å²) in [5.41, 5.74) is 6.37. The number of likely N-dealkylation sites (N-methyl/N-ethyl adjacent to an activating group) is 1. The Balaban J connectivity index is 2.18. The van der Waals surface area contributed by atoms with Crippen LogP contribution in [0.4, 0.5) is 5.95 Å². The number of likely N-dealkylation sites (tertiary alicyclic amines) is 1. The molecular formula is C18H28N6O3. The van der Waals surface area contributed by atoms with E-state index in [4.69, 9.17) is 5.73 Å². The maximum atomic E-state index is 13.0. The lowest BCUT2D eigenvalue weighted by Crippen LogP contribution is -2.46. The molecule has 27 heavy (non-hydrogen) atoms. The number of carbonyl (C=O) groups is 3. The first-order chi connectivity index (χ1) is 12.8. The molecule has 0 spiro atoms. The van der Waals surface area contributed by atoms with Crippen LogP contribution in [0.25, 0.3) is 0 Å². The average molecular weight is 376 g/mol. The zero-order chi connectivity index (χ0) is 20.0. The first-order valence-corrected chi connectivity index (χ1v) is 9.34.